The van der Waals surface area contributed by atoms with Crippen molar-refractivity contribution in [3.05, 3.63) is 55.2 Å². The Hall–Kier alpha value is -4.41. The normalized spacial score (nSPS) is 20.9. The Balaban J connectivity index is 0.00000561. The van der Waals surface area contributed by atoms with Gasteiger partial charge in [0.2, 0.25) is 0 Å². The number of hydrogen-bond acceptors (Lipinski definition) is 16. The van der Waals surface area contributed by atoms with Gasteiger partial charge in [-0.2, -0.15) is 0 Å². The zero-order valence-electron chi connectivity index (χ0n) is 29.6. The molecular formula is C32H35N8NaO11S2. The van der Waals surface area contributed by atoms with Crippen LogP contribution >= 0.6 is 23.1 Å². The van der Waals surface area contributed by atoms with Crippen LogP contribution in [0.15, 0.2) is 43.5 Å². The van der Waals surface area contributed by atoms with Crippen LogP contribution in [-0.2, 0) is 30.6 Å². The number of aliphatic carboxylic acids is 2. The SMILES string of the molecule is C[C@@H]1S[C@@H]2[C@H](NC(=O)/C(=N\OC(C)(C)C(=O)[O-])c3csc(N)n3)C(=O)N2C(C(=O)[O-])=C1C[N+]1(CCn2[nH]c(=O)c3cc(O)c(O)cc3c2=O)CCCC1.[Na+]. The molecule has 2 amide bonds. The van der Waals surface area contributed by atoms with E-state index in [-0.39, 0.29) is 69.9 Å². The Morgan fingerprint density at radius 1 is 1.15 bits per heavy atom. The van der Waals surface area contributed by atoms with Crippen molar-refractivity contribution < 1.29 is 78.5 Å². The number of aromatic nitrogens is 3. The third-order valence-corrected chi connectivity index (χ3v) is 11.8. The van der Waals surface area contributed by atoms with Crippen LogP contribution in [-0.4, -0.2) is 112 Å². The van der Waals surface area contributed by atoms with E-state index in [1.807, 2.05) is 0 Å². The summed E-state index contributed by atoms with van der Waals surface area (Å²) in [5.41, 5.74) is 2.17. The number of phenolic OH excluding ortho intramolecular Hbond substituents is 2. The Labute approximate surface area is 336 Å². The number of phenols is 2. The van der Waals surface area contributed by atoms with Gasteiger partial charge in [-0.25, -0.2) is 9.67 Å². The number of nitrogen functional groups attached to an aromatic ring is 1. The van der Waals surface area contributed by atoms with Gasteiger partial charge in [-0.05, 0) is 32.9 Å². The number of carbonyl (C=O) groups is 4. The first-order valence-corrected chi connectivity index (χ1v) is 18.2. The van der Waals surface area contributed by atoms with Gasteiger partial charge < -0.3 is 50.4 Å². The number of carboxylic acids is 2. The van der Waals surface area contributed by atoms with E-state index in [9.17, 15) is 49.2 Å². The van der Waals surface area contributed by atoms with Crippen molar-refractivity contribution in [1.82, 2.24) is 25.0 Å². The molecule has 0 unspecified atom stereocenters. The number of hydrogen-bond donors (Lipinski definition) is 5. The number of carboxylic acid groups (broad SMARTS) is 2. The van der Waals surface area contributed by atoms with Crippen molar-refractivity contribution in [3.8, 4) is 11.5 Å². The Kier molecular flexibility index (Phi) is 11.6. The number of fused-ring (bicyclic) bond motifs is 2. The topological polar surface area (TPSA) is 285 Å². The number of likely N-dealkylation sites (tertiary alicyclic amines) is 1. The van der Waals surface area contributed by atoms with E-state index in [1.165, 1.54) is 17.1 Å². The van der Waals surface area contributed by atoms with E-state index in [0.29, 0.717) is 29.7 Å². The molecule has 3 atom stereocenters. The molecule has 54 heavy (non-hydrogen) atoms. The second kappa shape index (κ2) is 15.4. The third kappa shape index (κ3) is 7.60. The number of nitrogens with one attached hydrogen (secondary N) is 2. The molecule has 2 saturated heterocycles. The van der Waals surface area contributed by atoms with Crippen molar-refractivity contribution in [1.29, 1.82) is 0 Å². The van der Waals surface area contributed by atoms with E-state index in [4.69, 9.17) is 10.6 Å². The average Bonchev–Trinajstić information content (AvgIpc) is 3.75. The number of aromatic hydroxyl groups is 2. The Morgan fingerprint density at radius 3 is 2.39 bits per heavy atom. The van der Waals surface area contributed by atoms with E-state index < -0.39 is 74.3 Å². The van der Waals surface area contributed by atoms with Crippen LogP contribution < -0.4 is 61.9 Å². The van der Waals surface area contributed by atoms with Gasteiger partial charge in [-0.15, -0.1) is 23.1 Å². The second-order valence-electron chi connectivity index (χ2n) is 13.6. The van der Waals surface area contributed by atoms with Crippen molar-refractivity contribution in [3.63, 3.8) is 0 Å². The van der Waals surface area contributed by atoms with E-state index in [2.05, 4.69) is 20.6 Å². The van der Waals surface area contributed by atoms with Gasteiger partial charge in [-0.1, -0.05) is 5.16 Å². The molecule has 3 aliphatic rings. The number of quaternary nitrogens is 1. The molecule has 282 valence electrons. The molecule has 1 aromatic carbocycles. The minimum atomic E-state index is -1.93. The second-order valence-corrected chi connectivity index (χ2v) is 15.9. The van der Waals surface area contributed by atoms with Crippen molar-refractivity contribution >= 4 is 68.5 Å². The van der Waals surface area contributed by atoms with Crippen LogP contribution in [0.4, 0.5) is 5.13 Å². The minimum absolute atomic E-state index is 0. The summed E-state index contributed by atoms with van der Waals surface area (Å²) in [4.78, 5) is 87.5. The van der Waals surface area contributed by atoms with Crippen LogP contribution in [0.25, 0.3) is 10.8 Å². The molecule has 22 heteroatoms. The number of amides is 2. The van der Waals surface area contributed by atoms with Crippen LogP contribution in [0.1, 0.15) is 39.3 Å². The number of thiazole rings is 1. The summed E-state index contributed by atoms with van der Waals surface area (Å²) >= 11 is 2.23. The Morgan fingerprint density at radius 2 is 1.80 bits per heavy atom. The van der Waals surface area contributed by atoms with Gasteiger partial charge in [0.15, 0.2) is 27.9 Å². The van der Waals surface area contributed by atoms with Gasteiger partial charge in [0.05, 0.1) is 54.6 Å². The van der Waals surface area contributed by atoms with Crippen molar-refractivity contribution in [2.75, 3.05) is 31.9 Å². The van der Waals surface area contributed by atoms with E-state index >= 15 is 0 Å². The first kappa shape index (κ1) is 40.8. The number of anilines is 1. The molecule has 3 aliphatic heterocycles. The minimum Gasteiger partial charge on any atom is -0.546 e. The maximum Gasteiger partial charge on any atom is 1.00 e. The number of β-lactam (4-membered cyclic amide) rings is 1. The molecule has 0 spiro atoms. The molecule has 2 aromatic heterocycles. The molecule has 5 heterocycles. The maximum absolute atomic E-state index is 13.6. The van der Waals surface area contributed by atoms with Crippen LogP contribution in [0.2, 0.25) is 0 Å². The van der Waals surface area contributed by atoms with Crippen molar-refractivity contribution in [2.45, 2.75) is 62.4 Å². The summed E-state index contributed by atoms with van der Waals surface area (Å²) in [6.45, 7) is 5.89. The summed E-state index contributed by atoms with van der Waals surface area (Å²) in [6, 6.07) is 0.842. The Bertz CT molecular complexity index is 2230. The predicted molar refractivity (Wildman–Crippen MR) is 186 cm³/mol. The molecule has 0 aliphatic carbocycles. The number of thioether (sulfide) groups is 1. The monoisotopic (exact) mass is 794 g/mol. The molecule has 6 N–H and O–H groups in total. The zero-order chi connectivity index (χ0) is 38.6. The molecular weight excluding hydrogens is 760 g/mol. The first-order valence-electron chi connectivity index (χ1n) is 16.4. The number of carbonyl (C=O) groups excluding carboxylic acids is 4. The quantitative estimate of drug-likeness (QED) is 0.0286. The van der Waals surface area contributed by atoms with E-state index in [0.717, 1.165) is 59.7 Å². The van der Waals surface area contributed by atoms with E-state index in [1.54, 1.807) is 6.92 Å². The fraction of sp³-hybridized carbons (Fsp3) is 0.438. The number of nitrogens with zero attached hydrogens (tertiary/aromatic N) is 5. The summed E-state index contributed by atoms with van der Waals surface area (Å²) in [5, 5.41) is 52.7. The van der Waals surface area contributed by atoms with Crippen LogP contribution in [0.3, 0.4) is 0 Å². The van der Waals surface area contributed by atoms with Crippen molar-refractivity contribution in [2.24, 2.45) is 5.16 Å². The number of aromatic amines is 1. The molecule has 0 radical (unpaired) electrons. The summed E-state index contributed by atoms with van der Waals surface area (Å²) in [5.74, 6) is -5.95. The van der Waals surface area contributed by atoms with Gasteiger partial charge in [0.25, 0.3) is 22.9 Å². The third-order valence-electron chi connectivity index (χ3n) is 9.63. The summed E-state index contributed by atoms with van der Waals surface area (Å²) < 4.78 is 1.47. The zero-order valence-corrected chi connectivity index (χ0v) is 33.2. The van der Waals surface area contributed by atoms with Gasteiger partial charge in [0, 0.05) is 29.0 Å². The smallest absolute Gasteiger partial charge is 0.546 e. The molecule has 19 nitrogen and oxygen atoms in total. The first-order chi connectivity index (χ1) is 24.9. The van der Waals surface area contributed by atoms with Gasteiger partial charge in [0.1, 0.15) is 23.7 Å². The fourth-order valence-electron chi connectivity index (χ4n) is 6.67. The summed E-state index contributed by atoms with van der Waals surface area (Å²) in [7, 11) is 0. The molecule has 6 rings (SSSR count). The number of oxime groups is 1. The largest absolute Gasteiger partial charge is 1.00 e. The molecule has 3 aromatic rings. The predicted octanol–water partition coefficient (Wildman–Crippen LogP) is -5.50. The maximum atomic E-state index is 13.6. The van der Waals surface area contributed by atoms with Gasteiger partial charge >= 0.3 is 29.6 Å². The summed E-state index contributed by atoms with van der Waals surface area (Å²) in [6.07, 6.45) is 1.62. The number of H-pyrrole nitrogens is 1. The molecule has 2 fully saturated rings. The average molecular weight is 795 g/mol. The molecule has 0 bridgehead atoms. The van der Waals surface area contributed by atoms with Gasteiger partial charge in [-0.3, -0.25) is 29.2 Å². The fourth-order valence-corrected chi connectivity index (χ4v) is 8.66. The number of nitrogens with two attached hydrogens (primary N) is 1. The van der Waals surface area contributed by atoms with Crippen LogP contribution in [0.5, 0.6) is 11.5 Å². The molecule has 0 saturated carbocycles. The number of benzene rings is 1. The standard InChI is InChI=1S/C32H36N8O11S2.Na/c1-14-17(12-40(7-4-5-8-40)9-6-38-26(45)16-11-20(42)19(41)10-15(16)24(43)36-38)23(29(47)48)39-27(46)22(28(39)53-14)35-25(44)21(18-13-52-31(33)34-18)37-51-32(2,3)30(49)50;/h10-11,13-14,22,28H,4-9,12H2,1-3H3,(H7-,33,34,35,36,37,41,42,43,44,45,47,48,49,50);/q;+1/p-1/t14-,22+,28+;/m0./s1. The van der Waals surface area contributed by atoms with Crippen LogP contribution in [0, 0.1) is 0 Å². The number of rotatable bonds is 12.